The van der Waals surface area contributed by atoms with Crippen LogP contribution in [-0.4, -0.2) is 11.9 Å². The third-order valence-electron chi connectivity index (χ3n) is 3.86. The fourth-order valence-corrected chi connectivity index (χ4v) is 2.80. The van der Waals surface area contributed by atoms with Gasteiger partial charge in [0.25, 0.3) is 0 Å². The Morgan fingerprint density at radius 2 is 2.17 bits per heavy atom. The summed E-state index contributed by atoms with van der Waals surface area (Å²) in [6.45, 7) is 2.26. The van der Waals surface area contributed by atoms with Crippen LogP contribution < -0.4 is 11.1 Å². The highest BCUT2D eigenvalue weighted by Gasteiger charge is 2.23. The average molecular weight is 246 g/mol. The molecule has 3 N–H and O–H groups in total. The highest BCUT2D eigenvalue weighted by atomic mass is 16.1. The quantitative estimate of drug-likeness (QED) is 0.839. The molecule has 1 fully saturated rings. The Hall–Kier alpha value is -1.51. The predicted octanol–water partition coefficient (Wildman–Crippen LogP) is 2.71. The van der Waals surface area contributed by atoms with Gasteiger partial charge < -0.3 is 11.1 Å². The Morgan fingerprint density at radius 1 is 1.39 bits per heavy atom. The number of amides is 1. The summed E-state index contributed by atoms with van der Waals surface area (Å²) in [6, 6.07) is 8.51. The van der Waals surface area contributed by atoms with Gasteiger partial charge in [-0.05, 0) is 36.8 Å². The Bertz CT molecular complexity index is 417. The maximum Gasteiger partial charge on any atom is 0.221 e. The fourth-order valence-electron chi connectivity index (χ4n) is 2.80. The van der Waals surface area contributed by atoms with Crippen molar-refractivity contribution in [2.75, 3.05) is 5.32 Å². The Morgan fingerprint density at radius 3 is 2.83 bits per heavy atom. The molecule has 1 saturated carbocycles. The van der Waals surface area contributed by atoms with E-state index < -0.39 is 0 Å². The SMILES string of the molecule is CCC1CCC(Nc2ccccc2CC(N)=O)C1. The lowest BCUT2D eigenvalue weighted by molar-refractivity contribution is -0.117. The van der Waals surface area contributed by atoms with E-state index in [0.29, 0.717) is 12.5 Å². The van der Waals surface area contributed by atoms with E-state index in [4.69, 9.17) is 5.73 Å². The number of hydrogen-bond acceptors (Lipinski definition) is 2. The van der Waals surface area contributed by atoms with Crippen LogP contribution in [0.3, 0.4) is 0 Å². The molecule has 1 aromatic rings. The van der Waals surface area contributed by atoms with Gasteiger partial charge in [-0.3, -0.25) is 4.79 Å². The number of carbonyl (C=O) groups excluding carboxylic acids is 1. The predicted molar refractivity (Wildman–Crippen MR) is 74.4 cm³/mol. The molecular weight excluding hydrogens is 224 g/mol. The summed E-state index contributed by atoms with van der Waals surface area (Å²) in [4.78, 5) is 11.1. The van der Waals surface area contributed by atoms with E-state index >= 15 is 0 Å². The minimum Gasteiger partial charge on any atom is -0.382 e. The minimum atomic E-state index is -0.276. The van der Waals surface area contributed by atoms with Gasteiger partial charge in [0.15, 0.2) is 0 Å². The summed E-state index contributed by atoms with van der Waals surface area (Å²) in [6.07, 6.45) is 5.35. The van der Waals surface area contributed by atoms with Crippen molar-refractivity contribution in [3.63, 3.8) is 0 Å². The van der Waals surface area contributed by atoms with Gasteiger partial charge in [0.2, 0.25) is 5.91 Å². The second-order valence-corrected chi connectivity index (χ2v) is 5.23. The standard InChI is InChI=1S/C15H22N2O/c1-2-11-7-8-13(9-11)17-14-6-4-3-5-12(14)10-15(16)18/h3-6,11,13,17H,2,7-10H2,1H3,(H2,16,18). The van der Waals surface area contributed by atoms with Gasteiger partial charge in [-0.15, -0.1) is 0 Å². The van der Waals surface area contributed by atoms with E-state index in [1.807, 2.05) is 24.3 Å². The van der Waals surface area contributed by atoms with Crippen molar-refractivity contribution in [2.24, 2.45) is 11.7 Å². The zero-order chi connectivity index (χ0) is 13.0. The molecule has 0 radical (unpaired) electrons. The summed E-state index contributed by atoms with van der Waals surface area (Å²) < 4.78 is 0. The van der Waals surface area contributed by atoms with Crippen molar-refractivity contribution in [3.05, 3.63) is 29.8 Å². The Balaban J connectivity index is 2.02. The first kappa shape index (κ1) is 12.9. The van der Waals surface area contributed by atoms with Crippen LogP contribution in [0.2, 0.25) is 0 Å². The van der Waals surface area contributed by atoms with Crippen molar-refractivity contribution >= 4 is 11.6 Å². The van der Waals surface area contributed by atoms with Crippen molar-refractivity contribution in [3.8, 4) is 0 Å². The summed E-state index contributed by atoms with van der Waals surface area (Å²) in [7, 11) is 0. The highest BCUT2D eigenvalue weighted by Crippen LogP contribution is 2.30. The topological polar surface area (TPSA) is 55.1 Å². The Labute approximate surface area is 109 Å². The summed E-state index contributed by atoms with van der Waals surface area (Å²) in [5, 5.41) is 3.57. The van der Waals surface area contributed by atoms with Gasteiger partial charge in [0.1, 0.15) is 0 Å². The number of primary amides is 1. The van der Waals surface area contributed by atoms with E-state index in [9.17, 15) is 4.79 Å². The number of nitrogens with one attached hydrogen (secondary N) is 1. The van der Waals surface area contributed by atoms with Crippen LogP contribution >= 0.6 is 0 Å². The van der Waals surface area contributed by atoms with Gasteiger partial charge >= 0.3 is 0 Å². The molecule has 98 valence electrons. The largest absolute Gasteiger partial charge is 0.382 e. The van der Waals surface area contributed by atoms with Gasteiger partial charge in [-0.1, -0.05) is 31.5 Å². The van der Waals surface area contributed by atoms with Crippen molar-refractivity contribution in [1.29, 1.82) is 0 Å². The highest BCUT2D eigenvalue weighted by molar-refractivity contribution is 5.78. The lowest BCUT2D eigenvalue weighted by atomic mass is 10.0. The minimum absolute atomic E-state index is 0.276. The molecule has 0 aromatic heterocycles. The van der Waals surface area contributed by atoms with Crippen LogP contribution in [0, 0.1) is 5.92 Å². The second kappa shape index (κ2) is 5.89. The molecule has 0 spiro atoms. The number of anilines is 1. The smallest absolute Gasteiger partial charge is 0.221 e. The normalized spacial score (nSPS) is 22.9. The van der Waals surface area contributed by atoms with Crippen molar-refractivity contribution in [2.45, 2.75) is 45.1 Å². The van der Waals surface area contributed by atoms with E-state index in [1.54, 1.807) is 0 Å². The molecule has 1 amide bonds. The number of hydrogen-bond donors (Lipinski definition) is 2. The van der Waals surface area contributed by atoms with Crippen LogP contribution in [0.25, 0.3) is 0 Å². The van der Waals surface area contributed by atoms with Crippen LogP contribution in [0.1, 0.15) is 38.2 Å². The number of rotatable bonds is 5. The first-order valence-electron chi connectivity index (χ1n) is 6.81. The van der Waals surface area contributed by atoms with Crippen LogP contribution in [-0.2, 0) is 11.2 Å². The van der Waals surface area contributed by atoms with E-state index in [0.717, 1.165) is 17.2 Å². The zero-order valence-corrected chi connectivity index (χ0v) is 11.0. The van der Waals surface area contributed by atoms with Crippen LogP contribution in [0.15, 0.2) is 24.3 Å². The fraction of sp³-hybridized carbons (Fsp3) is 0.533. The molecule has 0 bridgehead atoms. The first-order valence-corrected chi connectivity index (χ1v) is 6.81. The second-order valence-electron chi connectivity index (χ2n) is 5.23. The molecule has 1 aliphatic carbocycles. The maximum atomic E-state index is 11.1. The summed E-state index contributed by atoms with van der Waals surface area (Å²) >= 11 is 0. The van der Waals surface area contributed by atoms with E-state index in [-0.39, 0.29) is 5.91 Å². The lowest BCUT2D eigenvalue weighted by Crippen LogP contribution is -2.19. The molecule has 0 aliphatic heterocycles. The number of carbonyl (C=O) groups is 1. The van der Waals surface area contributed by atoms with Crippen molar-refractivity contribution < 1.29 is 4.79 Å². The molecule has 1 aromatic carbocycles. The van der Waals surface area contributed by atoms with Gasteiger partial charge in [-0.2, -0.15) is 0 Å². The molecule has 2 unspecified atom stereocenters. The van der Waals surface area contributed by atoms with Crippen LogP contribution in [0.4, 0.5) is 5.69 Å². The number of benzene rings is 1. The molecule has 18 heavy (non-hydrogen) atoms. The van der Waals surface area contributed by atoms with E-state index in [1.165, 1.54) is 25.7 Å². The third-order valence-corrected chi connectivity index (χ3v) is 3.86. The Kier molecular flexibility index (Phi) is 4.24. The molecule has 0 heterocycles. The maximum absolute atomic E-state index is 11.1. The summed E-state index contributed by atoms with van der Waals surface area (Å²) in [5.74, 6) is 0.577. The number of nitrogens with two attached hydrogens (primary N) is 1. The monoisotopic (exact) mass is 246 g/mol. The zero-order valence-electron chi connectivity index (χ0n) is 11.0. The third kappa shape index (κ3) is 3.25. The number of para-hydroxylation sites is 1. The molecule has 2 rings (SSSR count). The van der Waals surface area contributed by atoms with Crippen molar-refractivity contribution in [1.82, 2.24) is 0 Å². The van der Waals surface area contributed by atoms with E-state index in [2.05, 4.69) is 12.2 Å². The first-order chi connectivity index (χ1) is 8.69. The molecule has 3 heteroatoms. The molecular formula is C15H22N2O. The van der Waals surface area contributed by atoms with Crippen LogP contribution in [0.5, 0.6) is 0 Å². The average Bonchev–Trinajstić information content (AvgIpc) is 2.79. The molecule has 1 aliphatic rings. The molecule has 2 atom stereocenters. The summed E-state index contributed by atoms with van der Waals surface area (Å²) in [5.41, 5.74) is 7.35. The van der Waals surface area contributed by atoms with Gasteiger partial charge in [0.05, 0.1) is 6.42 Å². The van der Waals surface area contributed by atoms with Gasteiger partial charge in [0, 0.05) is 11.7 Å². The molecule has 0 saturated heterocycles. The lowest BCUT2D eigenvalue weighted by Gasteiger charge is -2.17. The van der Waals surface area contributed by atoms with Gasteiger partial charge in [-0.25, -0.2) is 0 Å². The molecule has 3 nitrogen and oxygen atoms in total.